The summed E-state index contributed by atoms with van der Waals surface area (Å²) in [6, 6.07) is 12.6. The van der Waals surface area contributed by atoms with Crippen molar-refractivity contribution in [2.75, 3.05) is 56.2 Å². The molecule has 0 aliphatic carbocycles. The van der Waals surface area contributed by atoms with Gasteiger partial charge in [-0.15, -0.1) is 0 Å². The summed E-state index contributed by atoms with van der Waals surface area (Å²) in [6.45, 7) is 6.17. The number of carbonyl (C=O) groups is 1. The van der Waals surface area contributed by atoms with E-state index in [2.05, 4.69) is 10.2 Å². The summed E-state index contributed by atoms with van der Waals surface area (Å²) in [7, 11) is 0. The number of piperazine rings is 1. The summed E-state index contributed by atoms with van der Waals surface area (Å²) in [4.78, 5) is 16.2. The Morgan fingerprint density at radius 1 is 1.06 bits per heavy atom. The molecule has 2 aromatic rings. The van der Waals surface area contributed by atoms with Gasteiger partial charge in [0.15, 0.2) is 0 Å². The molecule has 1 fully saturated rings. The van der Waals surface area contributed by atoms with E-state index in [4.69, 9.17) is 9.47 Å². The van der Waals surface area contributed by atoms with E-state index in [1.54, 1.807) is 24.3 Å². The average Bonchev–Trinajstić information content (AvgIpc) is 2.78. The minimum absolute atomic E-state index is 0.274. The summed E-state index contributed by atoms with van der Waals surface area (Å²) in [6.07, 6.45) is -4.20. The van der Waals surface area contributed by atoms with Gasteiger partial charge in [-0.05, 0) is 43.7 Å². The number of halogens is 3. The Kier molecular flexibility index (Phi) is 8.21. The number of alkyl halides is 3. The molecule has 9 heteroatoms. The van der Waals surface area contributed by atoms with E-state index in [9.17, 15) is 18.0 Å². The van der Waals surface area contributed by atoms with Crippen LogP contribution in [0.3, 0.4) is 0 Å². The van der Waals surface area contributed by atoms with Gasteiger partial charge in [-0.25, -0.2) is 4.79 Å². The molecule has 1 aliphatic heterocycles. The van der Waals surface area contributed by atoms with E-state index in [1.165, 1.54) is 12.1 Å². The second-order valence-corrected chi connectivity index (χ2v) is 7.42. The van der Waals surface area contributed by atoms with Crippen molar-refractivity contribution < 1.29 is 27.4 Å². The van der Waals surface area contributed by atoms with Crippen LogP contribution in [0.2, 0.25) is 0 Å². The fourth-order valence-electron chi connectivity index (χ4n) is 3.56. The molecule has 1 aliphatic rings. The van der Waals surface area contributed by atoms with Crippen molar-refractivity contribution in [2.24, 2.45) is 0 Å². The Morgan fingerprint density at radius 3 is 2.53 bits per heavy atom. The van der Waals surface area contributed by atoms with Gasteiger partial charge < -0.3 is 14.4 Å². The Bertz CT molecular complexity index is 884. The highest BCUT2D eigenvalue weighted by Crippen LogP contribution is 2.32. The smallest absolute Gasteiger partial charge is 0.416 e. The highest BCUT2D eigenvalue weighted by Gasteiger charge is 2.31. The fraction of sp³-hybridized carbons (Fsp3) is 0.435. The third-order valence-corrected chi connectivity index (χ3v) is 5.19. The van der Waals surface area contributed by atoms with Gasteiger partial charge in [0.25, 0.3) is 0 Å². The van der Waals surface area contributed by atoms with Crippen LogP contribution in [0.5, 0.6) is 5.75 Å². The molecule has 1 heterocycles. The Balaban J connectivity index is 1.37. The van der Waals surface area contributed by atoms with Crippen LogP contribution >= 0.6 is 0 Å². The third kappa shape index (κ3) is 6.78. The molecule has 0 aromatic heterocycles. The molecule has 0 atom stereocenters. The first-order valence-corrected chi connectivity index (χ1v) is 10.7. The number of benzene rings is 2. The van der Waals surface area contributed by atoms with Crippen molar-refractivity contribution >= 4 is 17.5 Å². The maximum atomic E-state index is 12.9. The van der Waals surface area contributed by atoms with Crippen LogP contribution in [-0.2, 0) is 10.9 Å². The molecule has 32 heavy (non-hydrogen) atoms. The molecule has 0 spiro atoms. The standard InChI is InChI=1S/C23H28F3N3O3/c1-2-31-21-10-4-3-9-20(21)27-22(30)32-16-6-11-28-12-14-29(15-13-28)19-8-5-7-18(17-19)23(24,25)26/h3-5,7-10,17H,2,6,11-16H2,1H3,(H,27,30). The van der Waals surface area contributed by atoms with Gasteiger partial charge in [-0.1, -0.05) is 18.2 Å². The number of carbonyl (C=O) groups excluding carboxylic acids is 1. The molecule has 1 N–H and O–H groups in total. The minimum Gasteiger partial charge on any atom is -0.492 e. The Morgan fingerprint density at radius 2 is 1.81 bits per heavy atom. The number of nitrogens with one attached hydrogen (secondary N) is 1. The van der Waals surface area contributed by atoms with Crippen LogP contribution in [0.25, 0.3) is 0 Å². The van der Waals surface area contributed by atoms with Crippen molar-refractivity contribution in [3.05, 3.63) is 54.1 Å². The topological polar surface area (TPSA) is 54.0 Å². The molecule has 1 amide bonds. The lowest BCUT2D eigenvalue weighted by Crippen LogP contribution is -2.46. The molecular formula is C23H28F3N3O3. The summed E-state index contributed by atoms with van der Waals surface area (Å²) >= 11 is 0. The van der Waals surface area contributed by atoms with Crippen LogP contribution in [0, 0.1) is 0 Å². The number of hydrogen-bond donors (Lipinski definition) is 1. The molecule has 174 valence electrons. The monoisotopic (exact) mass is 451 g/mol. The van der Waals surface area contributed by atoms with Gasteiger partial charge in [0, 0.05) is 38.4 Å². The number of nitrogens with zero attached hydrogens (tertiary/aromatic N) is 2. The summed E-state index contributed by atoms with van der Waals surface area (Å²) in [5.74, 6) is 0.589. The molecule has 0 unspecified atom stereocenters. The van der Waals surface area contributed by atoms with E-state index in [0.29, 0.717) is 43.2 Å². The van der Waals surface area contributed by atoms with E-state index in [1.807, 2.05) is 17.9 Å². The van der Waals surface area contributed by atoms with Gasteiger partial charge in [0.1, 0.15) is 5.75 Å². The quantitative estimate of drug-likeness (QED) is 0.581. The molecule has 0 radical (unpaired) electrons. The SMILES string of the molecule is CCOc1ccccc1NC(=O)OCCCN1CCN(c2cccc(C(F)(F)F)c2)CC1. The number of para-hydroxylation sites is 2. The minimum atomic E-state index is -4.34. The van der Waals surface area contributed by atoms with Gasteiger partial charge in [-0.3, -0.25) is 10.2 Å². The van der Waals surface area contributed by atoms with Crippen LogP contribution in [0.4, 0.5) is 29.3 Å². The first-order valence-electron chi connectivity index (χ1n) is 10.7. The Hall–Kier alpha value is -2.94. The molecular weight excluding hydrogens is 423 g/mol. The number of anilines is 2. The number of amides is 1. The van der Waals surface area contributed by atoms with Gasteiger partial charge in [0.05, 0.1) is 24.5 Å². The molecule has 0 saturated carbocycles. The first kappa shape index (κ1) is 23.7. The lowest BCUT2D eigenvalue weighted by atomic mass is 10.1. The van der Waals surface area contributed by atoms with Gasteiger partial charge >= 0.3 is 12.3 Å². The second-order valence-electron chi connectivity index (χ2n) is 7.42. The number of hydrogen-bond acceptors (Lipinski definition) is 5. The van der Waals surface area contributed by atoms with Crippen LogP contribution in [-0.4, -0.2) is 56.9 Å². The predicted molar refractivity (Wildman–Crippen MR) is 117 cm³/mol. The maximum Gasteiger partial charge on any atom is 0.416 e. The van der Waals surface area contributed by atoms with Crippen molar-refractivity contribution in [1.29, 1.82) is 0 Å². The molecule has 0 bridgehead atoms. The highest BCUT2D eigenvalue weighted by atomic mass is 19.4. The van der Waals surface area contributed by atoms with E-state index < -0.39 is 17.8 Å². The molecule has 1 saturated heterocycles. The summed E-state index contributed by atoms with van der Waals surface area (Å²) in [5.41, 5.74) is 0.522. The lowest BCUT2D eigenvalue weighted by molar-refractivity contribution is -0.137. The van der Waals surface area contributed by atoms with E-state index in [-0.39, 0.29) is 6.61 Å². The Labute approximate surface area is 185 Å². The van der Waals surface area contributed by atoms with Crippen molar-refractivity contribution in [1.82, 2.24) is 4.90 Å². The number of ether oxygens (including phenoxy) is 2. The van der Waals surface area contributed by atoms with Crippen LogP contribution in [0.15, 0.2) is 48.5 Å². The molecule has 3 rings (SSSR count). The van der Waals surface area contributed by atoms with Crippen molar-refractivity contribution in [3.8, 4) is 5.75 Å². The normalized spacial score (nSPS) is 14.8. The lowest BCUT2D eigenvalue weighted by Gasteiger charge is -2.36. The number of rotatable bonds is 8. The third-order valence-electron chi connectivity index (χ3n) is 5.19. The first-order chi connectivity index (χ1) is 15.4. The fourth-order valence-corrected chi connectivity index (χ4v) is 3.56. The molecule has 2 aromatic carbocycles. The molecule has 6 nitrogen and oxygen atoms in total. The van der Waals surface area contributed by atoms with Gasteiger partial charge in [0.2, 0.25) is 0 Å². The van der Waals surface area contributed by atoms with Gasteiger partial charge in [-0.2, -0.15) is 13.2 Å². The average molecular weight is 451 g/mol. The van der Waals surface area contributed by atoms with Crippen molar-refractivity contribution in [2.45, 2.75) is 19.5 Å². The van der Waals surface area contributed by atoms with Crippen molar-refractivity contribution in [3.63, 3.8) is 0 Å². The van der Waals surface area contributed by atoms with Crippen LogP contribution in [0.1, 0.15) is 18.9 Å². The zero-order chi connectivity index (χ0) is 23.0. The zero-order valence-corrected chi connectivity index (χ0v) is 18.0. The summed E-state index contributed by atoms with van der Waals surface area (Å²) < 4.78 is 49.5. The predicted octanol–water partition coefficient (Wildman–Crippen LogP) is 4.86. The largest absolute Gasteiger partial charge is 0.492 e. The maximum absolute atomic E-state index is 12.9. The van der Waals surface area contributed by atoms with E-state index >= 15 is 0 Å². The summed E-state index contributed by atoms with van der Waals surface area (Å²) in [5, 5.41) is 2.69. The second kappa shape index (κ2) is 11.1. The van der Waals surface area contributed by atoms with Crippen LogP contribution < -0.4 is 15.0 Å². The highest BCUT2D eigenvalue weighted by molar-refractivity contribution is 5.86. The zero-order valence-electron chi connectivity index (χ0n) is 18.0. The van der Waals surface area contributed by atoms with E-state index in [0.717, 1.165) is 25.7 Å².